The molecule has 0 saturated carbocycles. The summed E-state index contributed by atoms with van der Waals surface area (Å²) in [5, 5.41) is 1.06. The van der Waals surface area contributed by atoms with Crippen molar-refractivity contribution in [3.8, 4) is 11.3 Å². The van der Waals surface area contributed by atoms with Gasteiger partial charge in [-0.3, -0.25) is 0 Å². The summed E-state index contributed by atoms with van der Waals surface area (Å²) in [5.74, 6) is 0. The van der Waals surface area contributed by atoms with Gasteiger partial charge in [0.2, 0.25) is 0 Å². The zero-order valence-corrected chi connectivity index (χ0v) is 12.6. The van der Waals surface area contributed by atoms with Gasteiger partial charge in [-0.15, -0.1) is 0 Å². The average Bonchev–Trinajstić information content (AvgIpc) is 2.71. The lowest BCUT2D eigenvalue weighted by molar-refractivity contribution is 1.11. The number of aromatic nitrogens is 2. The molecule has 102 valence electrons. The number of nitrogens with two attached hydrogens (primary N) is 1. The molecule has 2 N–H and O–H groups in total. The Balaban J connectivity index is 2.26. The average molecular weight is 306 g/mol. The van der Waals surface area contributed by atoms with E-state index in [0.29, 0.717) is 10.0 Å². The number of halogens is 2. The molecule has 0 atom stereocenters. The summed E-state index contributed by atoms with van der Waals surface area (Å²) >= 11 is 12.0. The molecule has 0 radical (unpaired) electrons. The van der Waals surface area contributed by atoms with Gasteiger partial charge < -0.3 is 10.1 Å². The highest BCUT2D eigenvalue weighted by atomic mass is 35.5. The number of anilines is 1. The van der Waals surface area contributed by atoms with Gasteiger partial charge in [-0.1, -0.05) is 29.3 Å². The van der Waals surface area contributed by atoms with Crippen LogP contribution in [0.1, 0.15) is 11.3 Å². The molecule has 0 aliphatic rings. The number of imidazole rings is 1. The van der Waals surface area contributed by atoms with Crippen LogP contribution in [0, 0.1) is 13.8 Å². The van der Waals surface area contributed by atoms with Crippen LogP contribution < -0.4 is 5.73 Å². The number of benzene rings is 1. The van der Waals surface area contributed by atoms with Crippen molar-refractivity contribution in [2.24, 2.45) is 0 Å². The van der Waals surface area contributed by atoms with Crippen LogP contribution in [0.25, 0.3) is 16.9 Å². The van der Waals surface area contributed by atoms with E-state index in [9.17, 15) is 0 Å². The SMILES string of the molecule is Cc1cc2nc(-c3ccc(Cl)c(Cl)c3)c(C)n2cc1N. The van der Waals surface area contributed by atoms with Crippen LogP contribution in [0.15, 0.2) is 30.5 Å². The normalized spacial score (nSPS) is 11.2. The van der Waals surface area contributed by atoms with Crippen LogP contribution in [0.2, 0.25) is 10.0 Å². The van der Waals surface area contributed by atoms with Gasteiger partial charge >= 0.3 is 0 Å². The highest BCUT2D eigenvalue weighted by Gasteiger charge is 2.12. The lowest BCUT2D eigenvalue weighted by atomic mass is 10.1. The Bertz CT molecular complexity index is 822. The number of hydrogen-bond acceptors (Lipinski definition) is 2. The molecule has 3 nitrogen and oxygen atoms in total. The van der Waals surface area contributed by atoms with Crippen molar-refractivity contribution in [3.05, 3.63) is 51.8 Å². The molecule has 5 heteroatoms. The van der Waals surface area contributed by atoms with E-state index in [1.807, 2.05) is 42.6 Å². The van der Waals surface area contributed by atoms with E-state index < -0.39 is 0 Å². The molecule has 0 unspecified atom stereocenters. The van der Waals surface area contributed by atoms with Gasteiger partial charge in [0.05, 0.1) is 21.4 Å². The van der Waals surface area contributed by atoms with Crippen molar-refractivity contribution in [2.75, 3.05) is 5.73 Å². The van der Waals surface area contributed by atoms with E-state index in [1.54, 1.807) is 6.07 Å². The van der Waals surface area contributed by atoms with Crippen molar-refractivity contribution in [3.63, 3.8) is 0 Å². The summed E-state index contributed by atoms with van der Waals surface area (Å²) < 4.78 is 1.99. The Morgan fingerprint density at radius 1 is 1.10 bits per heavy atom. The molecular weight excluding hydrogens is 293 g/mol. The Kier molecular flexibility index (Phi) is 3.11. The molecule has 2 aromatic heterocycles. The van der Waals surface area contributed by atoms with Crippen LogP contribution in [0.5, 0.6) is 0 Å². The third-order valence-corrected chi connectivity index (χ3v) is 4.18. The number of hydrogen-bond donors (Lipinski definition) is 1. The number of pyridine rings is 1. The standard InChI is InChI=1S/C15H13Cl2N3/c1-8-5-14-19-15(9(2)20(14)7-13(8)18)10-3-4-11(16)12(17)6-10/h3-7H,18H2,1-2H3. The van der Waals surface area contributed by atoms with Crippen LogP contribution >= 0.6 is 23.2 Å². The fraction of sp³-hybridized carbons (Fsp3) is 0.133. The topological polar surface area (TPSA) is 43.3 Å². The summed E-state index contributed by atoms with van der Waals surface area (Å²) in [7, 11) is 0. The first kappa shape index (κ1) is 13.3. The minimum atomic E-state index is 0.524. The fourth-order valence-electron chi connectivity index (χ4n) is 2.23. The molecule has 0 amide bonds. The zero-order chi connectivity index (χ0) is 14.4. The van der Waals surface area contributed by atoms with Crippen LogP contribution in [0.4, 0.5) is 5.69 Å². The number of aryl methyl sites for hydroxylation is 2. The minimum Gasteiger partial charge on any atom is -0.397 e. The van der Waals surface area contributed by atoms with Gasteiger partial charge in [0.15, 0.2) is 0 Å². The van der Waals surface area contributed by atoms with Crippen LogP contribution in [-0.4, -0.2) is 9.38 Å². The largest absolute Gasteiger partial charge is 0.397 e. The Morgan fingerprint density at radius 2 is 1.85 bits per heavy atom. The highest BCUT2D eigenvalue weighted by molar-refractivity contribution is 6.42. The van der Waals surface area contributed by atoms with Gasteiger partial charge in [0.1, 0.15) is 5.65 Å². The Labute approximate surface area is 127 Å². The van der Waals surface area contributed by atoms with Gasteiger partial charge in [-0.25, -0.2) is 4.98 Å². The van der Waals surface area contributed by atoms with Crippen molar-refractivity contribution < 1.29 is 0 Å². The molecule has 20 heavy (non-hydrogen) atoms. The molecule has 1 aromatic carbocycles. The smallest absolute Gasteiger partial charge is 0.138 e. The maximum Gasteiger partial charge on any atom is 0.138 e. The summed E-state index contributed by atoms with van der Waals surface area (Å²) in [5.41, 5.74) is 11.4. The first-order valence-electron chi connectivity index (χ1n) is 6.17. The zero-order valence-electron chi connectivity index (χ0n) is 11.1. The quantitative estimate of drug-likeness (QED) is 0.719. The van der Waals surface area contributed by atoms with E-state index in [0.717, 1.165) is 33.8 Å². The Hall–Kier alpha value is -1.71. The Morgan fingerprint density at radius 3 is 2.55 bits per heavy atom. The molecule has 0 bridgehead atoms. The second kappa shape index (κ2) is 4.69. The monoisotopic (exact) mass is 305 g/mol. The van der Waals surface area contributed by atoms with Crippen LogP contribution in [0.3, 0.4) is 0 Å². The fourth-order valence-corrected chi connectivity index (χ4v) is 2.53. The van der Waals surface area contributed by atoms with Gasteiger partial charge in [-0.05, 0) is 37.6 Å². The second-order valence-electron chi connectivity index (χ2n) is 4.81. The number of fused-ring (bicyclic) bond motifs is 1. The van der Waals surface area contributed by atoms with E-state index in [1.165, 1.54) is 0 Å². The molecule has 0 aliphatic heterocycles. The molecule has 0 aliphatic carbocycles. The number of rotatable bonds is 1. The maximum absolute atomic E-state index is 6.08. The molecule has 2 heterocycles. The molecule has 3 aromatic rings. The molecule has 0 spiro atoms. The third kappa shape index (κ3) is 2.03. The van der Waals surface area contributed by atoms with E-state index >= 15 is 0 Å². The summed E-state index contributed by atoms with van der Waals surface area (Å²) in [6, 6.07) is 7.50. The van der Waals surface area contributed by atoms with Gasteiger partial charge in [0, 0.05) is 17.5 Å². The summed E-state index contributed by atoms with van der Waals surface area (Å²) in [4.78, 5) is 4.66. The first-order valence-corrected chi connectivity index (χ1v) is 6.93. The predicted molar refractivity (Wildman–Crippen MR) is 84.5 cm³/mol. The van der Waals surface area contributed by atoms with E-state index in [-0.39, 0.29) is 0 Å². The lowest BCUT2D eigenvalue weighted by Gasteiger charge is -2.03. The molecule has 0 fully saturated rings. The predicted octanol–water partition coefficient (Wildman–Crippen LogP) is 4.51. The summed E-state index contributed by atoms with van der Waals surface area (Å²) in [6.45, 7) is 3.98. The molecule has 0 saturated heterocycles. The van der Waals surface area contributed by atoms with Crippen molar-refractivity contribution in [1.29, 1.82) is 0 Å². The summed E-state index contributed by atoms with van der Waals surface area (Å²) in [6.07, 6.45) is 1.90. The number of nitrogen functional groups attached to an aromatic ring is 1. The van der Waals surface area contributed by atoms with Crippen molar-refractivity contribution in [2.45, 2.75) is 13.8 Å². The van der Waals surface area contributed by atoms with E-state index in [2.05, 4.69) is 4.98 Å². The first-order chi connectivity index (χ1) is 9.47. The lowest BCUT2D eigenvalue weighted by Crippen LogP contribution is -1.95. The van der Waals surface area contributed by atoms with Gasteiger partial charge in [-0.2, -0.15) is 0 Å². The highest BCUT2D eigenvalue weighted by Crippen LogP contribution is 2.30. The minimum absolute atomic E-state index is 0.524. The second-order valence-corrected chi connectivity index (χ2v) is 5.63. The van der Waals surface area contributed by atoms with E-state index in [4.69, 9.17) is 28.9 Å². The molecular formula is C15H13Cl2N3. The van der Waals surface area contributed by atoms with Crippen LogP contribution in [-0.2, 0) is 0 Å². The van der Waals surface area contributed by atoms with Gasteiger partial charge in [0.25, 0.3) is 0 Å². The van der Waals surface area contributed by atoms with Crippen molar-refractivity contribution >= 4 is 34.5 Å². The molecule has 3 rings (SSSR count). The number of nitrogens with zero attached hydrogens (tertiary/aromatic N) is 2. The maximum atomic E-state index is 6.08. The van der Waals surface area contributed by atoms with Crippen molar-refractivity contribution in [1.82, 2.24) is 9.38 Å². The third-order valence-electron chi connectivity index (χ3n) is 3.44.